The minimum atomic E-state index is -0.733. The van der Waals surface area contributed by atoms with Crippen LogP contribution in [0.1, 0.15) is 31.7 Å². The third-order valence-corrected chi connectivity index (χ3v) is 4.48. The number of β-amino-alcohol motifs (C(OH)–C–C–N with tert-alkyl or cyclic N) is 1. The van der Waals surface area contributed by atoms with Gasteiger partial charge in [-0.3, -0.25) is 4.90 Å². The number of ether oxygens (including phenoxy) is 1. The van der Waals surface area contributed by atoms with E-state index in [0.29, 0.717) is 13.0 Å². The van der Waals surface area contributed by atoms with Gasteiger partial charge in [-0.15, -0.1) is 0 Å². The molecule has 1 saturated heterocycles. The number of aliphatic hydroxyl groups is 3. The summed E-state index contributed by atoms with van der Waals surface area (Å²) in [6, 6.07) is 8.02. The summed E-state index contributed by atoms with van der Waals surface area (Å²) >= 11 is 0. The van der Waals surface area contributed by atoms with Crippen LogP contribution in [0.5, 0.6) is 5.75 Å². The van der Waals surface area contributed by atoms with Crippen molar-refractivity contribution in [1.82, 2.24) is 4.90 Å². The van der Waals surface area contributed by atoms with E-state index in [1.165, 1.54) is 5.56 Å². The first kappa shape index (κ1) is 18.2. The van der Waals surface area contributed by atoms with E-state index in [1.807, 2.05) is 12.1 Å². The Morgan fingerprint density at radius 1 is 1.17 bits per heavy atom. The fraction of sp³-hybridized carbons (Fsp3) is 0.667. The molecule has 1 aromatic rings. The first-order chi connectivity index (χ1) is 11.1. The molecule has 3 atom stereocenters. The van der Waals surface area contributed by atoms with E-state index in [1.54, 1.807) is 0 Å². The number of rotatable bonds is 8. The maximum atomic E-state index is 9.81. The molecule has 130 valence electrons. The lowest BCUT2D eigenvalue weighted by molar-refractivity contribution is -0.0703. The van der Waals surface area contributed by atoms with Gasteiger partial charge in [0.15, 0.2) is 0 Å². The van der Waals surface area contributed by atoms with E-state index >= 15 is 0 Å². The van der Waals surface area contributed by atoms with Crippen LogP contribution in [0, 0.1) is 0 Å². The zero-order valence-corrected chi connectivity index (χ0v) is 13.9. The maximum Gasteiger partial charge on any atom is 0.119 e. The number of piperidine rings is 1. The molecule has 1 aliphatic heterocycles. The van der Waals surface area contributed by atoms with Gasteiger partial charge in [0.05, 0.1) is 25.4 Å². The minimum absolute atomic E-state index is 0.00792. The van der Waals surface area contributed by atoms with Crippen molar-refractivity contribution in [3.63, 3.8) is 0 Å². The molecule has 1 unspecified atom stereocenters. The van der Waals surface area contributed by atoms with E-state index in [2.05, 4.69) is 24.0 Å². The lowest BCUT2D eigenvalue weighted by atomic mass is 9.97. The van der Waals surface area contributed by atoms with E-state index in [9.17, 15) is 15.3 Å². The van der Waals surface area contributed by atoms with Crippen LogP contribution in [0.15, 0.2) is 24.3 Å². The number of likely N-dealkylation sites (tertiary alicyclic amines) is 1. The third-order valence-electron chi connectivity index (χ3n) is 4.48. The van der Waals surface area contributed by atoms with E-state index < -0.39 is 12.2 Å². The molecule has 1 fully saturated rings. The molecule has 1 aromatic carbocycles. The van der Waals surface area contributed by atoms with Crippen molar-refractivity contribution in [1.29, 1.82) is 0 Å². The highest BCUT2D eigenvalue weighted by atomic mass is 16.5. The normalized spacial score (nSPS) is 25.5. The van der Waals surface area contributed by atoms with Gasteiger partial charge in [-0.2, -0.15) is 0 Å². The van der Waals surface area contributed by atoms with E-state index in [0.717, 1.165) is 38.2 Å². The van der Waals surface area contributed by atoms with Crippen LogP contribution in [-0.4, -0.2) is 64.8 Å². The van der Waals surface area contributed by atoms with Gasteiger partial charge in [0.2, 0.25) is 0 Å². The topological polar surface area (TPSA) is 73.2 Å². The van der Waals surface area contributed by atoms with Crippen LogP contribution in [0.4, 0.5) is 0 Å². The first-order valence-electron chi connectivity index (χ1n) is 8.56. The molecule has 0 saturated carbocycles. The Morgan fingerprint density at radius 2 is 1.91 bits per heavy atom. The van der Waals surface area contributed by atoms with Gasteiger partial charge in [0.25, 0.3) is 0 Å². The number of benzene rings is 1. The molecule has 0 aromatic heterocycles. The van der Waals surface area contributed by atoms with Crippen LogP contribution < -0.4 is 4.74 Å². The van der Waals surface area contributed by atoms with Gasteiger partial charge < -0.3 is 20.1 Å². The summed E-state index contributed by atoms with van der Waals surface area (Å²) in [5.41, 5.74) is 1.20. The smallest absolute Gasteiger partial charge is 0.119 e. The highest BCUT2D eigenvalue weighted by Gasteiger charge is 2.32. The largest absolute Gasteiger partial charge is 0.494 e. The molecule has 5 nitrogen and oxygen atoms in total. The fourth-order valence-electron chi connectivity index (χ4n) is 2.92. The standard InChI is InChI=1S/C18H29NO4/c1-2-3-10-23-16-6-4-14(5-7-16)8-9-19-12-18(22)17(21)11-15(19)13-20/h4-7,15,17-18,20-22H,2-3,8-13H2,1H3/t15-,17?,18+/m1/s1. The Morgan fingerprint density at radius 3 is 2.57 bits per heavy atom. The van der Waals surface area contributed by atoms with Crippen LogP contribution >= 0.6 is 0 Å². The number of unbranched alkanes of at least 4 members (excludes halogenated alkanes) is 1. The second kappa shape index (κ2) is 9.23. The van der Waals surface area contributed by atoms with Crippen molar-refractivity contribution >= 4 is 0 Å². The monoisotopic (exact) mass is 323 g/mol. The average Bonchev–Trinajstić information content (AvgIpc) is 2.57. The lowest BCUT2D eigenvalue weighted by Gasteiger charge is -2.39. The van der Waals surface area contributed by atoms with Crippen molar-refractivity contribution in [2.75, 3.05) is 26.3 Å². The van der Waals surface area contributed by atoms with Crippen molar-refractivity contribution in [3.8, 4) is 5.75 Å². The van der Waals surface area contributed by atoms with Crippen molar-refractivity contribution in [2.24, 2.45) is 0 Å². The molecule has 3 N–H and O–H groups in total. The van der Waals surface area contributed by atoms with Gasteiger partial charge in [0, 0.05) is 19.1 Å². The molecule has 2 rings (SSSR count). The minimum Gasteiger partial charge on any atom is -0.494 e. The van der Waals surface area contributed by atoms with Crippen LogP contribution in [-0.2, 0) is 6.42 Å². The summed E-state index contributed by atoms with van der Waals surface area (Å²) < 4.78 is 5.65. The lowest BCUT2D eigenvalue weighted by Crippen LogP contribution is -2.54. The molecule has 5 heteroatoms. The summed E-state index contributed by atoms with van der Waals surface area (Å²) in [4.78, 5) is 2.06. The summed E-state index contributed by atoms with van der Waals surface area (Å²) in [6.45, 7) is 4.06. The molecule has 0 bridgehead atoms. The number of nitrogens with zero attached hydrogens (tertiary/aromatic N) is 1. The average molecular weight is 323 g/mol. The number of aliphatic hydroxyl groups excluding tert-OH is 3. The molecule has 0 spiro atoms. The summed E-state index contributed by atoms with van der Waals surface area (Å²) in [7, 11) is 0. The predicted molar refractivity (Wildman–Crippen MR) is 89.6 cm³/mol. The predicted octanol–water partition coefficient (Wildman–Crippen LogP) is 1.20. The van der Waals surface area contributed by atoms with E-state index in [-0.39, 0.29) is 12.6 Å². The summed E-state index contributed by atoms with van der Waals surface area (Å²) in [5.74, 6) is 0.895. The summed E-state index contributed by atoms with van der Waals surface area (Å²) in [6.07, 6.45) is 1.99. The second-order valence-corrected chi connectivity index (χ2v) is 6.30. The molecule has 0 aliphatic carbocycles. The van der Waals surface area contributed by atoms with Gasteiger partial charge in [-0.05, 0) is 37.0 Å². The molecular formula is C18H29NO4. The Balaban J connectivity index is 1.82. The molecule has 23 heavy (non-hydrogen) atoms. The van der Waals surface area contributed by atoms with Crippen LogP contribution in [0.25, 0.3) is 0 Å². The van der Waals surface area contributed by atoms with Gasteiger partial charge in [0.1, 0.15) is 5.75 Å². The van der Waals surface area contributed by atoms with Crippen molar-refractivity contribution in [2.45, 2.75) is 50.9 Å². The second-order valence-electron chi connectivity index (χ2n) is 6.30. The quantitative estimate of drug-likeness (QED) is 0.627. The Bertz CT molecular complexity index is 451. The molecule has 1 heterocycles. The van der Waals surface area contributed by atoms with Gasteiger partial charge >= 0.3 is 0 Å². The van der Waals surface area contributed by atoms with E-state index in [4.69, 9.17) is 4.74 Å². The first-order valence-corrected chi connectivity index (χ1v) is 8.56. The SMILES string of the molecule is CCCCOc1ccc(CCN2C[C@H](O)C(O)C[C@@H]2CO)cc1. The number of hydrogen-bond donors (Lipinski definition) is 3. The third kappa shape index (κ3) is 5.46. The van der Waals surface area contributed by atoms with Crippen molar-refractivity contribution in [3.05, 3.63) is 29.8 Å². The van der Waals surface area contributed by atoms with Crippen LogP contribution in [0.2, 0.25) is 0 Å². The molecule has 0 radical (unpaired) electrons. The summed E-state index contributed by atoms with van der Waals surface area (Å²) in [5, 5.41) is 29.0. The maximum absolute atomic E-state index is 9.81. The zero-order valence-electron chi connectivity index (χ0n) is 13.9. The highest BCUT2D eigenvalue weighted by Crippen LogP contribution is 2.19. The Hall–Kier alpha value is -1.14. The molecule has 1 aliphatic rings. The number of hydrogen-bond acceptors (Lipinski definition) is 5. The molecule has 0 amide bonds. The zero-order chi connectivity index (χ0) is 16.7. The van der Waals surface area contributed by atoms with Crippen LogP contribution in [0.3, 0.4) is 0 Å². The van der Waals surface area contributed by atoms with Crippen molar-refractivity contribution < 1.29 is 20.1 Å². The fourth-order valence-corrected chi connectivity index (χ4v) is 2.92. The van der Waals surface area contributed by atoms with Gasteiger partial charge in [-0.25, -0.2) is 0 Å². The molecular weight excluding hydrogens is 294 g/mol. The van der Waals surface area contributed by atoms with Gasteiger partial charge in [-0.1, -0.05) is 25.5 Å². The Kier molecular flexibility index (Phi) is 7.30. The highest BCUT2D eigenvalue weighted by molar-refractivity contribution is 5.27. The Labute approximate surface area is 138 Å².